The van der Waals surface area contributed by atoms with Gasteiger partial charge in [0.05, 0.1) is 11.9 Å². The van der Waals surface area contributed by atoms with Crippen LogP contribution in [0, 0.1) is 12.7 Å². The van der Waals surface area contributed by atoms with Crippen molar-refractivity contribution in [3.05, 3.63) is 59.1 Å². The first-order valence-electron chi connectivity index (χ1n) is 8.91. The van der Waals surface area contributed by atoms with E-state index < -0.39 is 5.82 Å². The predicted octanol–water partition coefficient (Wildman–Crippen LogP) is 3.09. The van der Waals surface area contributed by atoms with Gasteiger partial charge in [-0.3, -0.25) is 4.79 Å². The van der Waals surface area contributed by atoms with Crippen molar-refractivity contribution in [2.45, 2.75) is 6.92 Å². The number of hydrogen-bond acceptors (Lipinski definition) is 7. The molecule has 1 aliphatic heterocycles. The first kappa shape index (κ1) is 18.3. The van der Waals surface area contributed by atoms with Crippen LogP contribution in [0.1, 0.15) is 15.4 Å². The smallest absolute Gasteiger partial charge is 0.266 e. The molecule has 0 radical (unpaired) electrons. The van der Waals surface area contributed by atoms with Crippen LogP contribution in [-0.2, 0) is 0 Å². The van der Waals surface area contributed by atoms with Gasteiger partial charge in [-0.05, 0) is 31.2 Å². The Bertz CT molecular complexity index is 954. The van der Waals surface area contributed by atoms with E-state index in [2.05, 4.69) is 25.2 Å². The van der Waals surface area contributed by atoms with E-state index in [1.165, 1.54) is 23.5 Å². The minimum Gasteiger partial charge on any atom is -0.353 e. The second-order valence-corrected chi connectivity index (χ2v) is 7.39. The topological polar surface area (TPSA) is 74.2 Å². The molecule has 1 N–H and O–H groups in total. The molecular formula is C19H19FN6OS. The Morgan fingerprint density at radius 2 is 1.96 bits per heavy atom. The summed E-state index contributed by atoms with van der Waals surface area (Å²) in [6.45, 7) is 4.57. The molecule has 9 heteroatoms. The lowest BCUT2D eigenvalue weighted by Crippen LogP contribution is -2.49. The maximum atomic E-state index is 13.0. The van der Waals surface area contributed by atoms with Gasteiger partial charge in [0.1, 0.15) is 22.3 Å². The molecule has 28 heavy (non-hydrogen) atoms. The highest BCUT2D eigenvalue weighted by molar-refractivity contribution is 7.17. The SMILES string of the molecule is Cc1nc(Nc2ccc(F)cn2)sc1C(=O)N1CCN(c2ccccn2)CC1. The van der Waals surface area contributed by atoms with Crippen LogP contribution in [0.15, 0.2) is 42.7 Å². The Balaban J connectivity index is 1.41. The number of nitrogens with zero attached hydrogens (tertiary/aromatic N) is 5. The van der Waals surface area contributed by atoms with Crippen LogP contribution in [0.25, 0.3) is 0 Å². The van der Waals surface area contributed by atoms with Gasteiger partial charge in [0.15, 0.2) is 5.13 Å². The van der Waals surface area contributed by atoms with Crippen molar-refractivity contribution in [1.29, 1.82) is 0 Å². The van der Waals surface area contributed by atoms with Crippen LogP contribution in [0.3, 0.4) is 0 Å². The standard InChI is InChI=1S/C19H19FN6OS/c1-13-17(28-19(23-13)24-15-6-5-14(20)12-22-15)18(27)26-10-8-25(9-11-26)16-4-2-3-7-21-16/h2-7,12H,8-11H2,1H3,(H,22,23,24). The Morgan fingerprint density at radius 3 is 2.64 bits per heavy atom. The van der Waals surface area contributed by atoms with E-state index >= 15 is 0 Å². The average Bonchev–Trinajstić information content (AvgIpc) is 3.10. The third-order valence-corrected chi connectivity index (χ3v) is 5.55. The summed E-state index contributed by atoms with van der Waals surface area (Å²) in [7, 11) is 0. The minimum atomic E-state index is -0.401. The van der Waals surface area contributed by atoms with Crippen molar-refractivity contribution in [3.8, 4) is 0 Å². The van der Waals surface area contributed by atoms with Crippen molar-refractivity contribution in [1.82, 2.24) is 19.9 Å². The Kier molecular flexibility index (Phi) is 5.16. The van der Waals surface area contributed by atoms with E-state index in [9.17, 15) is 9.18 Å². The number of rotatable bonds is 4. The maximum Gasteiger partial charge on any atom is 0.266 e. The molecule has 0 aliphatic carbocycles. The second-order valence-electron chi connectivity index (χ2n) is 6.39. The van der Waals surface area contributed by atoms with Crippen LogP contribution in [-0.4, -0.2) is 51.9 Å². The number of nitrogens with one attached hydrogen (secondary N) is 1. The summed E-state index contributed by atoms with van der Waals surface area (Å²) in [5.74, 6) is 0.998. The van der Waals surface area contributed by atoms with E-state index in [4.69, 9.17) is 0 Å². The first-order valence-corrected chi connectivity index (χ1v) is 9.73. The molecule has 0 saturated carbocycles. The number of anilines is 3. The third kappa shape index (κ3) is 3.94. The molecule has 4 rings (SSSR count). The molecule has 1 amide bonds. The lowest BCUT2D eigenvalue weighted by atomic mass is 10.2. The lowest BCUT2D eigenvalue weighted by molar-refractivity contribution is 0.0750. The minimum absolute atomic E-state index is 0.0178. The zero-order valence-corrected chi connectivity index (χ0v) is 16.1. The van der Waals surface area contributed by atoms with E-state index in [0.29, 0.717) is 34.6 Å². The molecule has 3 aromatic rings. The molecule has 0 spiro atoms. The summed E-state index contributed by atoms with van der Waals surface area (Å²) in [4.78, 5) is 30.3. The van der Waals surface area contributed by atoms with Crippen molar-refractivity contribution >= 4 is 34.0 Å². The zero-order valence-electron chi connectivity index (χ0n) is 15.3. The van der Waals surface area contributed by atoms with Gasteiger partial charge < -0.3 is 15.1 Å². The maximum absolute atomic E-state index is 13.0. The molecule has 1 aliphatic rings. The number of carbonyl (C=O) groups excluding carboxylic acids is 1. The zero-order chi connectivity index (χ0) is 19.5. The van der Waals surface area contributed by atoms with Gasteiger partial charge in [-0.25, -0.2) is 19.3 Å². The van der Waals surface area contributed by atoms with Crippen LogP contribution in [0.5, 0.6) is 0 Å². The summed E-state index contributed by atoms with van der Waals surface area (Å²) in [6, 6.07) is 8.69. The van der Waals surface area contributed by atoms with Gasteiger partial charge in [0, 0.05) is 32.4 Å². The summed E-state index contributed by atoms with van der Waals surface area (Å²) >= 11 is 1.28. The highest BCUT2D eigenvalue weighted by Gasteiger charge is 2.26. The molecule has 0 bridgehead atoms. The highest BCUT2D eigenvalue weighted by atomic mass is 32.1. The number of thiazole rings is 1. The van der Waals surface area contributed by atoms with Gasteiger partial charge in [-0.2, -0.15) is 0 Å². The van der Waals surface area contributed by atoms with Crippen LogP contribution in [0.2, 0.25) is 0 Å². The first-order chi connectivity index (χ1) is 13.6. The Labute approximate surface area is 165 Å². The lowest BCUT2D eigenvalue weighted by Gasteiger charge is -2.35. The number of carbonyl (C=O) groups is 1. The van der Waals surface area contributed by atoms with Gasteiger partial charge in [-0.1, -0.05) is 17.4 Å². The largest absolute Gasteiger partial charge is 0.353 e. The fraction of sp³-hybridized carbons (Fsp3) is 0.263. The van der Waals surface area contributed by atoms with Crippen molar-refractivity contribution in [3.63, 3.8) is 0 Å². The fourth-order valence-electron chi connectivity index (χ4n) is 3.03. The second kappa shape index (κ2) is 7.89. The Hall–Kier alpha value is -3.07. The van der Waals surface area contributed by atoms with Gasteiger partial charge in [0.2, 0.25) is 0 Å². The third-order valence-electron chi connectivity index (χ3n) is 4.49. The quantitative estimate of drug-likeness (QED) is 0.728. The molecule has 4 heterocycles. The normalized spacial score (nSPS) is 14.2. The molecule has 3 aromatic heterocycles. The van der Waals surface area contributed by atoms with Crippen molar-refractivity contribution in [2.75, 3.05) is 36.4 Å². The summed E-state index contributed by atoms with van der Waals surface area (Å²) < 4.78 is 13.0. The number of aromatic nitrogens is 3. The number of halogens is 1. The van der Waals surface area contributed by atoms with E-state index in [1.807, 2.05) is 30.0 Å². The molecule has 0 aromatic carbocycles. The highest BCUT2D eigenvalue weighted by Crippen LogP contribution is 2.27. The van der Waals surface area contributed by atoms with Gasteiger partial charge in [0.25, 0.3) is 5.91 Å². The van der Waals surface area contributed by atoms with Crippen LogP contribution in [0.4, 0.5) is 21.2 Å². The number of hydrogen-bond donors (Lipinski definition) is 1. The molecule has 7 nitrogen and oxygen atoms in total. The van der Waals surface area contributed by atoms with E-state index in [-0.39, 0.29) is 5.91 Å². The molecule has 144 valence electrons. The summed E-state index contributed by atoms with van der Waals surface area (Å²) in [5, 5.41) is 3.58. The van der Waals surface area contributed by atoms with Crippen LogP contribution >= 0.6 is 11.3 Å². The van der Waals surface area contributed by atoms with Crippen molar-refractivity contribution in [2.24, 2.45) is 0 Å². The predicted molar refractivity (Wildman–Crippen MR) is 107 cm³/mol. The van der Waals surface area contributed by atoms with E-state index in [0.717, 1.165) is 25.1 Å². The number of aryl methyl sites for hydroxylation is 1. The van der Waals surface area contributed by atoms with Crippen LogP contribution < -0.4 is 10.2 Å². The Morgan fingerprint density at radius 1 is 1.14 bits per heavy atom. The summed E-state index contributed by atoms with van der Waals surface area (Å²) in [5.41, 5.74) is 0.673. The number of piperazine rings is 1. The number of amides is 1. The number of pyridine rings is 2. The molecule has 0 atom stereocenters. The monoisotopic (exact) mass is 398 g/mol. The van der Waals surface area contributed by atoms with Gasteiger partial charge in [-0.15, -0.1) is 0 Å². The molecule has 1 fully saturated rings. The average molecular weight is 398 g/mol. The van der Waals surface area contributed by atoms with Crippen molar-refractivity contribution < 1.29 is 9.18 Å². The molecule has 1 saturated heterocycles. The molecule has 0 unspecified atom stereocenters. The van der Waals surface area contributed by atoms with E-state index in [1.54, 1.807) is 6.20 Å². The summed E-state index contributed by atoms with van der Waals surface area (Å²) in [6.07, 6.45) is 2.91. The fourth-order valence-corrected chi connectivity index (χ4v) is 3.97. The molecular weight excluding hydrogens is 379 g/mol. The van der Waals surface area contributed by atoms with Gasteiger partial charge >= 0.3 is 0 Å².